The zero-order valence-electron chi connectivity index (χ0n) is 7.66. The summed E-state index contributed by atoms with van der Waals surface area (Å²) in [6, 6.07) is 5.56. The van der Waals surface area contributed by atoms with E-state index in [0.29, 0.717) is 6.29 Å². The summed E-state index contributed by atoms with van der Waals surface area (Å²) in [4.78, 5) is 10.5. The Morgan fingerprint density at radius 3 is 2.60 bits per heavy atom. The van der Waals surface area contributed by atoms with Crippen LogP contribution < -0.4 is 0 Å². The summed E-state index contributed by atoms with van der Waals surface area (Å²) in [5.74, 6) is -0.422. The normalized spacial score (nSPS) is 13.9. The molecule has 5 heteroatoms. The third kappa shape index (κ3) is 2.13. The lowest BCUT2D eigenvalue weighted by Gasteiger charge is -2.14. The van der Waals surface area contributed by atoms with Crippen molar-refractivity contribution in [3.63, 3.8) is 0 Å². The number of benzene rings is 1. The summed E-state index contributed by atoms with van der Waals surface area (Å²) in [5, 5.41) is 36.4. The molecule has 0 aromatic heterocycles. The first-order chi connectivity index (χ1) is 7.11. The second-order valence-corrected chi connectivity index (χ2v) is 2.92. The first kappa shape index (κ1) is 11.2. The predicted octanol–water partition coefficient (Wildman–Crippen LogP) is 0.123. The largest absolute Gasteiger partial charge is 0.507 e. The molecule has 0 aliphatic rings. The van der Waals surface area contributed by atoms with Crippen molar-refractivity contribution in [2.45, 2.75) is 12.2 Å². The van der Waals surface area contributed by atoms with Crippen LogP contribution >= 0.6 is 0 Å². The van der Waals surface area contributed by atoms with Crippen LogP contribution in [0.25, 0.3) is 0 Å². The number of aldehydes is 1. The second-order valence-electron chi connectivity index (χ2n) is 2.92. The van der Waals surface area contributed by atoms with Gasteiger partial charge in [-0.05, 0) is 6.07 Å². The van der Waals surface area contributed by atoms with Crippen molar-refractivity contribution in [2.75, 3.05) is 0 Å². The van der Waals surface area contributed by atoms with Gasteiger partial charge in [0.2, 0.25) is 0 Å². The van der Waals surface area contributed by atoms with Gasteiger partial charge in [0.15, 0.2) is 12.4 Å². The highest BCUT2D eigenvalue weighted by Crippen LogP contribution is 2.28. The number of aromatic hydroxyl groups is 1. The lowest BCUT2D eigenvalue weighted by molar-refractivity contribution is 0.0510. The van der Waals surface area contributed by atoms with Gasteiger partial charge < -0.3 is 15.3 Å². The highest BCUT2D eigenvalue weighted by Gasteiger charge is 2.21. The van der Waals surface area contributed by atoms with Gasteiger partial charge >= 0.3 is 0 Å². The summed E-state index contributed by atoms with van der Waals surface area (Å²) < 4.78 is 0. The molecule has 2 atom stereocenters. The van der Waals surface area contributed by atoms with E-state index in [2.05, 4.69) is 0 Å². The van der Waals surface area contributed by atoms with Crippen LogP contribution in [0.4, 0.5) is 0 Å². The van der Waals surface area contributed by atoms with Gasteiger partial charge in [-0.25, -0.2) is 0 Å². The summed E-state index contributed by atoms with van der Waals surface area (Å²) >= 11 is 0. The monoisotopic (exact) mass is 207 g/mol. The molecule has 1 aromatic rings. The van der Waals surface area contributed by atoms with Gasteiger partial charge in [0.05, 0.1) is 11.6 Å². The lowest BCUT2D eigenvalue weighted by Crippen LogP contribution is -2.16. The van der Waals surface area contributed by atoms with Gasteiger partial charge in [-0.2, -0.15) is 5.26 Å². The zero-order valence-corrected chi connectivity index (χ0v) is 7.66. The Bertz CT molecular complexity index is 410. The van der Waals surface area contributed by atoms with E-state index in [1.165, 1.54) is 24.3 Å². The number of nitrogens with zero attached hydrogens (tertiary/aromatic N) is 1. The molecule has 0 saturated carbocycles. The number of phenolic OH excluding ortho intramolecular Hbond substituents is 1. The van der Waals surface area contributed by atoms with Gasteiger partial charge in [-0.1, -0.05) is 12.1 Å². The number of hydrogen-bond acceptors (Lipinski definition) is 5. The Labute approximate surface area is 85.8 Å². The number of carbonyl (C=O) groups excluding carboxylic acids is 1. The van der Waals surface area contributed by atoms with Crippen LogP contribution in [0, 0.1) is 11.3 Å². The Balaban J connectivity index is 3.16. The molecule has 1 aromatic carbocycles. The lowest BCUT2D eigenvalue weighted by atomic mass is 10.0. The third-order valence-electron chi connectivity index (χ3n) is 1.98. The highest BCUT2D eigenvalue weighted by atomic mass is 16.3. The average molecular weight is 207 g/mol. The van der Waals surface area contributed by atoms with Gasteiger partial charge in [-0.3, -0.25) is 4.79 Å². The van der Waals surface area contributed by atoms with Crippen molar-refractivity contribution in [3.05, 3.63) is 29.3 Å². The first-order valence-electron chi connectivity index (χ1n) is 4.14. The maximum atomic E-state index is 10.5. The van der Waals surface area contributed by atoms with Crippen LogP contribution in [0.5, 0.6) is 5.75 Å². The molecular formula is C10H9NO4. The zero-order chi connectivity index (χ0) is 11.4. The number of nitriles is 1. The van der Waals surface area contributed by atoms with Gasteiger partial charge in [-0.15, -0.1) is 0 Å². The molecule has 0 saturated heterocycles. The Morgan fingerprint density at radius 1 is 1.40 bits per heavy atom. The molecule has 78 valence electrons. The summed E-state index contributed by atoms with van der Waals surface area (Å²) in [6.07, 6.45) is -2.75. The maximum absolute atomic E-state index is 10.5. The fraction of sp³-hybridized carbons (Fsp3) is 0.200. The van der Waals surface area contributed by atoms with Crippen molar-refractivity contribution in [2.24, 2.45) is 0 Å². The summed E-state index contributed by atoms with van der Waals surface area (Å²) in [5.41, 5.74) is -0.0506. The fourth-order valence-electron chi connectivity index (χ4n) is 1.15. The minimum atomic E-state index is -1.64. The number of aliphatic hydroxyl groups is 2. The third-order valence-corrected chi connectivity index (χ3v) is 1.98. The number of hydrogen-bond donors (Lipinski definition) is 3. The van der Waals surface area contributed by atoms with E-state index >= 15 is 0 Å². The molecule has 0 aliphatic heterocycles. The average Bonchev–Trinajstić information content (AvgIpc) is 2.27. The van der Waals surface area contributed by atoms with E-state index in [1.807, 2.05) is 0 Å². The summed E-state index contributed by atoms with van der Waals surface area (Å²) in [7, 11) is 0. The Hall–Kier alpha value is -1.90. The van der Waals surface area contributed by atoms with Crippen LogP contribution in [0.3, 0.4) is 0 Å². The topological polar surface area (TPSA) is 102 Å². The van der Waals surface area contributed by atoms with Gasteiger partial charge in [0.1, 0.15) is 11.9 Å². The fourth-order valence-corrected chi connectivity index (χ4v) is 1.15. The quantitative estimate of drug-likeness (QED) is 0.482. The van der Waals surface area contributed by atoms with Crippen molar-refractivity contribution in [1.82, 2.24) is 0 Å². The number of rotatable bonds is 3. The number of phenols is 1. The molecule has 0 fully saturated rings. The second kappa shape index (κ2) is 4.55. The smallest absolute Gasteiger partial charge is 0.170 e. The Kier molecular flexibility index (Phi) is 3.39. The van der Waals surface area contributed by atoms with Crippen molar-refractivity contribution in [3.8, 4) is 11.8 Å². The minimum Gasteiger partial charge on any atom is -0.507 e. The minimum absolute atomic E-state index is 0.00307. The predicted molar refractivity (Wildman–Crippen MR) is 50.1 cm³/mol. The molecule has 0 bridgehead atoms. The Morgan fingerprint density at radius 2 is 2.07 bits per heavy atom. The summed E-state index contributed by atoms with van der Waals surface area (Å²) in [6.45, 7) is 0. The standard InChI is InChI=1S/C10H9NO4/c11-4-8(13)10(15)7-3-1-2-6(5-12)9(7)14/h1-3,5,8,10,13-15H. The van der Waals surface area contributed by atoms with Gasteiger partial charge in [0.25, 0.3) is 0 Å². The molecule has 0 spiro atoms. The van der Waals surface area contributed by atoms with Crippen molar-refractivity contribution >= 4 is 6.29 Å². The van der Waals surface area contributed by atoms with Crippen LogP contribution in [0.15, 0.2) is 18.2 Å². The molecule has 0 radical (unpaired) electrons. The van der Waals surface area contributed by atoms with E-state index in [-0.39, 0.29) is 11.1 Å². The molecule has 0 aliphatic carbocycles. The molecular weight excluding hydrogens is 198 g/mol. The number of carbonyl (C=O) groups is 1. The highest BCUT2D eigenvalue weighted by molar-refractivity contribution is 5.80. The van der Waals surface area contributed by atoms with E-state index in [4.69, 9.17) is 10.4 Å². The molecule has 5 nitrogen and oxygen atoms in total. The maximum Gasteiger partial charge on any atom is 0.170 e. The van der Waals surface area contributed by atoms with Crippen molar-refractivity contribution in [1.29, 1.82) is 5.26 Å². The molecule has 1 rings (SSSR count). The molecule has 3 N–H and O–H groups in total. The number of aliphatic hydroxyl groups excluding tert-OH is 2. The molecule has 2 unspecified atom stereocenters. The SMILES string of the molecule is N#CC(O)C(O)c1cccc(C=O)c1O. The number of para-hydroxylation sites is 1. The molecule has 15 heavy (non-hydrogen) atoms. The van der Waals surface area contributed by atoms with Crippen LogP contribution in [-0.2, 0) is 0 Å². The molecule has 0 heterocycles. The van der Waals surface area contributed by atoms with E-state index in [9.17, 15) is 15.0 Å². The van der Waals surface area contributed by atoms with Crippen LogP contribution in [0.1, 0.15) is 22.0 Å². The van der Waals surface area contributed by atoms with E-state index in [1.54, 1.807) is 0 Å². The van der Waals surface area contributed by atoms with Crippen LogP contribution in [-0.4, -0.2) is 27.7 Å². The van der Waals surface area contributed by atoms with E-state index < -0.39 is 18.0 Å². The van der Waals surface area contributed by atoms with E-state index in [0.717, 1.165) is 0 Å². The van der Waals surface area contributed by atoms with Gasteiger partial charge in [0, 0.05) is 5.56 Å². The van der Waals surface area contributed by atoms with Crippen LogP contribution in [0.2, 0.25) is 0 Å². The first-order valence-corrected chi connectivity index (χ1v) is 4.14. The van der Waals surface area contributed by atoms with Crippen molar-refractivity contribution < 1.29 is 20.1 Å². The molecule has 0 amide bonds.